The third-order valence-electron chi connectivity index (χ3n) is 6.33. The van der Waals surface area contributed by atoms with Crippen LogP contribution in [0.2, 0.25) is 0 Å². The number of fused-ring (bicyclic) bond motifs is 1. The summed E-state index contributed by atoms with van der Waals surface area (Å²) in [5.74, 6) is 1.80. The van der Waals surface area contributed by atoms with Gasteiger partial charge in [-0.3, -0.25) is 0 Å². The molecule has 7 nitrogen and oxygen atoms in total. The number of amides is 2. The van der Waals surface area contributed by atoms with Gasteiger partial charge in [-0.1, -0.05) is 0 Å². The number of nitrogens with two attached hydrogens (primary N) is 1. The molecule has 0 unspecified atom stereocenters. The number of ether oxygens (including phenoxy) is 1. The van der Waals surface area contributed by atoms with Crippen molar-refractivity contribution in [2.45, 2.75) is 51.7 Å². The highest BCUT2D eigenvalue weighted by Gasteiger charge is 2.57. The molecule has 3 fully saturated rings. The molecule has 2 amide bonds. The molecule has 4 aliphatic rings. The van der Waals surface area contributed by atoms with Gasteiger partial charge in [-0.2, -0.15) is 0 Å². The molecule has 0 radical (unpaired) electrons. The number of benzene rings is 1. The summed E-state index contributed by atoms with van der Waals surface area (Å²) in [5, 5.41) is 3.24. The number of aryl methyl sites for hydroxylation is 1. The summed E-state index contributed by atoms with van der Waals surface area (Å²) in [7, 11) is 0. The zero-order chi connectivity index (χ0) is 20.3. The van der Waals surface area contributed by atoms with Crippen LogP contribution in [0.1, 0.15) is 43.0 Å². The van der Waals surface area contributed by atoms with E-state index in [0.717, 1.165) is 63.5 Å². The molecule has 29 heavy (non-hydrogen) atoms. The molecule has 1 aliphatic heterocycles. The summed E-state index contributed by atoms with van der Waals surface area (Å²) in [6.07, 6.45) is 3.36. The van der Waals surface area contributed by atoms with Gasteiger partial charge in [-0.15, -0.1) is 0 Å². The Morgan fingerprint density at radius 1 is 1.34 bits per heavy atom. The highest BCUT2D eigenvalue weighted by molar-refractivity contribution is 9.10. The molecule has 1 aromatic carbocycles. The number of hydrogen-bond donors (Lipinski definition) is 2. The summed E-state index contributed by atoms with van der Waals surface area (Å²) in [6.45, 7) is 5.49. The number of aromatic nitrogens is 2. The summed E-state index contributed by atoms with van der Waals surface area (Å²) in [6, 6.07) is 3.98. The van der Waals surface area contributed by atoms with E-state index in [4.69, 9.17) is 10.5 Å². The summed E-state index contributed by atoms with van der Waals surface area (Å²) in [4.78, 5) is 23.6. The maximum Gasteiger partial charge on any atom is 0.318 e. The molecule has 2 heterocycles. The lowest BCUT2D eigenvalue weighted by molar-refractivity contribution is -0.0434. The topological polar surface area (TPSA) is 93.4 Å². The van der Waals surface area contributed by atoms with Gasteiger partial charge >= 0.3 is 6.03 Å². The molecule has 2 bridgehead atoms. The van der Waals surface area contributed by atoms with Gasteiger partial charge in [-0.05, 0) is 72.7 Å². The lowest BCUT2D eigenvalue weighted by Gasteiger charge is -2.61. The van der Waals surface area contributed by atoms with E-state index in [1.807, 2.05) is 26.0 Å². The molecule has 0 spiro atoms. The second-order valence-corrected chi connectivity index (χ2v) is 9.29. The molecule has 2 aromatic rings. The highest BCUT2D eigenvalue weighted by Crippen LogP contribution is 2.57. The quantitative estimate of drug-likeness (QED) is 0.728. The molecular weight excluding hydrogens is 434 g/mol. The van der Waals surface area contributed by atoms with Crippen molar-refractivity contribution < 1.29 is 9.53 Å². The van der Waals surface area contributed by atoms with Crippen molar-refractivity contribution in [3.05, 3.63) is 33.4 Å². The Labute approximate surface area is 178 Å². The van der Waals surface area contributed by atoms with Crippen LogP contribution < -0.4 is 15.8 Å². The van der Waals surface area contributed by atoms with Gasteiger partial charge in [0.25, 0.3) is 0 Å². The second-order valence-electron chi connectivity index (χ2n) is 8.43. The minimum Gasteiger partial charge on any atom is -0.493 e. The number of urea groups is 1. The minimum atomic E-state index is -0.0202. The molecular formula is C21H24BrN5O2. The normalized spacial score (nSPS) is 23.8. The van der Waals surface area contributed by atoms with E-state index >= 15 is 0 Å². The first-order valence-electron chi connectivity index (χ1n) is 10.0. The third-order valence-corrected chi connectivity index (χ3v) is 6.95. The van der Waals surface area contributed by atoms with Crippen LogP contribution in [0.15, 0.2) is 16.6 Å². The van der Waals surface area contributed by atoms with E-state index in [2.05, 4.69) is 31.2 Å². The van der Waals surface area contributed by atoms with E-state index in [9.17, 15) is 4.79 Å². The van der Waals surface area contributed by atoms with Crippen LogP contribution in [0.3, 0.4) is 0 Å². The number of anilines is 1. The van der Waals surface area contributed by atoms with Crippen LogP contribution in [-0.4, -0.2) is 33.0 Å². The fourth-order valence-corrected chi connectivity index (χ4v) is 5.32. The van der Waals surface area contributed by atoms with Gasteiger partial charge in [0.15, 0.2) is 0 Å². The van der Waals surface area contributed by atoms with E-state index in [1.54, 1.807) is 4.90 Å². The number of carbonyl (C=O) groups excluding carboxylic acids is 1. The number of nitrogens with one attached hydrogen (secondary N) is 1. The molecule has 0 saturated heterocycles. The van der Waals surface area contributed by atoms with Crippen LogP contribution >= 0.6 is 15.9 Å². The Morgan fingerprint density at radius 2 is 2.10 bits per heavy atom. The summed E-state index contributed by atoms with van der Waals surface area (Å²) >= 11 is 3.56. The second kappa shape index (κ2) is 6.58. The predicted octanol–water partition coefficient (Wildman–Crippen LogP) is 3.77. The number of nitrogens with zero attached hydrogens (tertiary/aromatic N) is 3. The highest BCUT2D eigenvalue weighted by atomic mass is 79.9. The Kier molecular flexibility index (Phi) is 4.24. The molecule has 152 valence electrons. The number of nitrogen functional groups attached to an aromatic ring is 1. The lowest BCUT2D eigenvalue weighted by Crippen LogP contribution is -2.69. The molecule has 8 heteroatoms. The maximum atomic E-state index is 12.8. The zero-order valence-corrected chi connectivity index (χ0v) is 18.2. The average molecular weight is 458 g/mol. The zero-order valence-electron chi connectivity index (χ0n) is 16.6. The fourth-order valence-electron chi connectivity index (χ4n) is 4.75. The summed E-state index contributed by atoms with van der Waals surface area (Å²) in [5.41, 5.74) is 10.6. The van der Waals surface area contributed by atoms with Crippen LogP contribution in [-0.2, 0) is 13.1 Å². The predicted molar refractivity (Wildman–Crippen MR) is 113 cm³/mol. The average Bonchev–Trinajstić information content (AvgIpc) is 3.02. The smallest absolute Gasteiger partial charge is 0.318 e. The number of halogens is 1. The van der Waals surface area contributed by atoms with E-state index in [0.29, 0.717) is 19.7 Å². The first-order valence-corrected chi connectivity index (χ1v) is 10.8. The van der Waals surface area contributed by atoms with Crippen molar-refractivity contribution >= 4 is 27.9 Å². The van der Waals surface area contributed by atoms with Gasteiger partial charge in [0.05, 0.1) is 35.6 Å². The Morgan fingerprint density at radius 3 is 2.76 bits per heavy atom. The van der Waals surface area contributed by atoms with E-state index in [-0.39, 0.29) is 17.5 Å². The maximum absolute atomic E-state index is 12.8. The Bertz CT molecular complexity index is 1010. The first-order chi connectivity index (χ1) is 13.9. The molecule has 3 aliphatic carbocycles. The van der Waals surface area contributed by atoms with Crippen molar-refractivity contribution in [1.82, 2.24) is 20.2 Å². The van der Waals surface area contributed by atoms with Crippen LogP contribution in [0.4, 0.5) is 10.7 Å². The molecule has 3 saturated carbocycles. The van der Waals surface area contributed by atoms with Gasteiger partial charge in [0.1, 0.15) is 5.75 Å². The first kappa shape index (κ1) is 18.7. The largest absolute Gasteiger partial charge is 0.493 e. The van der Waals surface area contributed by atoms with Crippen LogP contribution in [0, 0.1) is 12.8 Å². The van der Waals surface area contributed by atoms with Gasteiger partial charge in [0.2, 0.25) is 5.95 Å². The molecule has 0 atom stereocenters. The fraction of sp³-hybridized carbons (Fsp3) is 0.476. The Hall–Kier alpha value is -2.35. The number of rotatable bonds is 4. The van der Waals surface area contributed by atoms with Crippen molar-refractivity contribution in [1.29, 1.82) is 0 Å². The number of carbonyl (C=O) groups is 1. The number of hydrogen-bond acceptors (Lipinski definition) is 5. The van der Waals surface area contributed by atoms with Crippen molar-refractivity contribution in [3.8, 4) is 17.0 Å². The van der Waals surface area contributed by atoms with Gasteiger partial charge < -0.3 is 20.7 Å². The monoisotopic (exact) mass is 457 g/mol. The standard InChI is InChI=1S/C21H24BrN5O2/c1-3-29-17-5-13(11(2)4-15(17)22)18-14-9-27(10-16(14)24-19(23)25-18)20(28)26-21-6-12(7-21)8-21/h4-5,12H,3,6-10H2,1-2H3,(H,26,28)(H2,23,24,25). The van der Waals surface area contributed by atoms with Crippen molar-refractivity contribution in [2.24, 2.45) is 5.92 Å². The van der Waals surface area contributed by atoms with Crippen molar-refractivity contribution in [3.63, 3.8) is 0 Å². The van der Waals surface area contributed by atoms with Gasteiger partial charge in [-0.25, -0.2) is 14.8 Å². The minimum absolute atomic E-state index is 0.0202. The van der Waals surface area contributed by atoms with E-state index in [1.165, 1.54) is 0 Å². The lowest BCUT2D eigenvalue weighted by atomic mass is 9.50. The SMILES string of the molecule is CCOc1cc(-c2nc(N)nc3c2CN(C(=O)NC24CC(C2)C4)C3)c(C)cc1Br. The molecule has 1 aromatic heterocycles. The summed E-state index contributed by atoms with van der Waals surface area (Å²) < 4.78 is 6.65. The van der Waals surface area contributed by atoms with Crippen molar-refractivity contribution in [2.75, 3.05) is 12.3 Å². The van der Waals surface area contributed by atoms with E-state index < -0.39 is 0 Å². The third kappa shape index (κ3) is 3.04. The molecule has 6 rings (SSSR count). The van der Waals surface area contributed by atoms with Crippen LogP contribution in [0.5, 0.6) is 5.75 Å². The Balaban J connectivity index is 1.47. The van der Waals surface area contributed by atoms with Gasteiger partial charge in [0, 0.05) is 16.7 Å². The molecule has 3 N–H and O–H groups in total. The van der Waals surface area contributed by atoms with Crippen LogP contribution in [0.25, 0.3) is 11.3 Å².